The molecule has 0 amide bonds. The van der Waals surface area contributed by atoms with E-state index >= 15 is 0 Å². The summed E-state index contributed by atoms with van der Waals surface area (Å²) in [6.45, 7) is 9.23. The van der Waals surface area contributed by atoms with E-state index in [1.54, 1.807) is 0 Å². The smallest absolute Gasteiger partial charge is 0.00767 e. The molecule has 0 heterocycles. The van der Waals surface area contributed by atoms with E-state index in [0.29, 0.717) is 0 Å². The van der Waals surface area contributed by atoms with Gasteiger partial charge in [0, 0.05) is 13.1 Å². The number of hydrogen-bond acceptors (Lipinski definition) is 2. The van der Waals surface area contributed by atoms with E-state index in [0.717, 1.165) is 13.1 Å². The largest absolute Gasteiger partial charge is 0.315 e. The molecule has 0 saturated heterocycles. The summed E-state index contributed by atoms with van der Waals surface area (Å²) >= 11 is 0. The van der Waals surface area contributed by atoms with Crippen molar-refractivity contribution in [3.05, 3.63) is 0 Å². The zero-order valence-corrected chi connectivity index (χ0v) is 15.7. The second-order valence-electron chi connectivity index (χ2n) is 6.74. The maximum Gasteiger partial charge on any atom is 0.00767 e. The normalized spacial score (nSPS) is 11.2. The number of unbranched alkanes of at least 4 members (excludes halogenated alkanes) is 12. The second kappa shape index (κ2) is 20.9. The van der Waals surface area contributed by atoms with Crippen LogP contribution in [-0.2, 0) is 0 Å². The van der Waals surface area contributed by atoms with Crippen molar-refractivity contribution in [1.82, 2.24) is 10.6 Å². The molecule has 0 aromatic rings. The van der Waals surface area contributed by atoms with Gasteiger partial charge < -0.3 is 10.6 Å². The lowest BCUT2D eigenvalue weighted by atomic mass is 10.1. The van der Waals surface area contributed by atoms with Crippen LogP contribution >= 0.6 is 0 Å². The van der Waals surface area contributed by atoms with Crippen molar-refractivity contribution >= 4 is 0 Å². The van der Waals surface area contributed by atoms with E-state index in [9.17, 15) is 0 Å². The van der Waals surface area contributed by atoms with Gasteiger partial charge in [-0.1, -0.05) is 90.9 Å². The summed E-state index contributed by atoms with van der Waals surface area (Å²) < 4.78 is 0. The van der Waals surface area contributed by atoms with E-state index < -0.39 is 0 Å². The molecule has 0 aromatic carbocycles. The standard InChI is InChI=1S/C20H44N2/c1-3-5-7-9-11-12-14-16-18-22-20-19-21-17-15-13-10-8-6-4-2/h21-22H,3-20H2,1-2H3. The predicted octanol–water partition coefficient (Wildman–Crippen LogP) is 5.67. The van der Waals surface area contributed by atoms with Crippen molar-refractivity contribution in [2.75, 3.05) is 26.2 Å². The average Bonchev–Trinajstić information content (AvgIpc) is 2.54. The van der Waals surface area contributed by atoms with Crippen LogP contribution in [0.1, 0.15) is 104 Å². The molecule has 0 unspecified atom stereocenters. The third-order valence-electron chi connectivity index (χ3n) is 4.39. The Kier molecular flexibility index (Phi) is 20.8. The van der Waals surface area contributed by atoms with Crippen molar-refractivity contribution in [3.8, 4) is 0 Å². The van der Waals surface area contributed by atoms with Gasteiger partial charge in [-0.05, 0) is 25.9 Å². The minimum absolute atomic E-state index is 1.13. The van der Waals surface area contributed by atoms with Gasteiger partial charge in [0.2, 0.25) is 0 Å². The Hall–Kier alpha value is -0.0800. The summed E-state index contributed by atoms with van der Waals surface area (Å²) in [4.78, 5) is 0. The molecule has 0 rings (SSSR count). The molecule has 0 saturated carbocycles. The fraction of sp³-hybridized carbons (Fsp3) is 1.00. The Morgan fingerprint density at radius 2 is 0.682 bits per heavy atom. The molecule has 0 aliphatic heterocycles. The van der Waals surface area contributed by atoms with Gasteiger partial charge in [0.25, 0.3) is 0 Å². The van der Waals surface area contributed by atoms with Crippen LogP contribution in [0, 0.1) is 0 Å². The van der Waals surface area contributed by atoms with Crippen LogP contribution in [0.25, 0.3) is 0 Å². The summed E-state index contributed by atoms with van der Waals surface area (Å²) in [6.07, 6.45) is 19.7. The molecule has 134 valence electrons. The fourth-order valence-electron chi connectivity index (χ4n) is 2.84. The molecule has 0 bridgehead atoms. The van der Waals surface area contributed by atoms with Gasteiger partial charge in [-0.15, -0.1) is 0 Å². The monoisotopic (exact) mass is 312 g/mol. The Balaban J connectivity index is 2.91. The molecule has 0 aliphatic carbocycles. The summed E-state index contributed by atoms with van der Waals surface area (Å²) in [5.74, 6) is 0. The molecule has 0 atom stereocenters. The van der Waals surface area contributed by atoms with E-state index in [2.05, 4.69) is 24.5 Å². The first-order valence-corrected chi connectivity index (χ1v) is 10.3. The first-order chi connectivity index (χ1) is 10.9. The minimum atomic E-state index is 1.13. The number of rotatable bonds is 19. The van der Waals surface area contributed by atoms with Gasteiger partial charge in [0.05, 0.1) is 0 Å². The van der Waals surface area contributed by atoms with Gasteiger partial charge in [0.15, 0.2) is 0 Å². The molecule has 2 heteroatoms. The van der Waals surface area contributed by atoms with Gasteiger partial charge >= 0.3 is 0 Å². The lowest BCUT2D eigenvalue weighted by molar-refractivity contribution is 0.536. The van der Waals surface area contributed by atoms with Crippen LogP contribution in [-0.4, -0.2) is 26.2 Å². The highest BCUT2D eigenvalue weighted by Crippen LogP contribution is 2.07. The molecule has 0 aromatic heterocycles. The van der Waals surface area contributed by atoms with Crippen LogP contribution in [0.4, 0.5) is 0 Å². The molecule has 2 N–H and O–H groups in total. The van der Waals surface area contributed by atoms with Crippen molar-refractivity contribution in [2.24, 2.45) is 0 Å². The van der Waals surface area contributed by atoms with Crippen LogP contribution in [0.3, 0.4) is 0 Å². The lowest BCUT2D eigenvalue weighted by Gasteiger charge is -2.07. The van der Waals surface area contributed by atoms with E-state index in [4.69, 9.17) is 0 Å². The molecule has 0 radical (unpaired) electrons. The van der Waals surface area contributed by atoms with E-state index in [1.165, 1.54) is 103 Å². The topological polar surface area (TPSA) is 24.1 Å². The van der Waals surface area contributed by atoms with Crippen LogP contribution in [0.15, 0.2) is 0 Å². The third-order valence-corrected chi connectivity index (χ3v) is 4.39. The summed E-state index contributed by atoms with van der Waals surface area (Å²) in [5.41, 5.74) is 0. The highest BCUT2D eigenvalue weighted by molar-refractivity contribution is 4.54. The minimum Gasteiger partial charge on any atom is -0.315 e. The first kappa shape index (κ1) is 21.9. The maximum absolute atomic E-state index is 3.55. The summed E-state index contributed by atoms with van der Waals surface area (Å²) in [5, 5.41) is 7.10. The van der Waals surface area contributed by atoms with Crippen LogP contribution in [0.5, 0.6) is 0 Å². The lowest BCUT2D eigenvalue weighted by Crippen LogP contribution is -2.28. The van der Waals surface area contributed by atoms with Gasteiger partial charge in [-0.3, -0.25) is 0 Å². The molecule has 0 spiro atoms. The predicted molar refractivity (Wildman–Crippen MR) is 102 cm³/mol. The first-order valence-electron chi connectivity index (χ1n) is 10.3. The third kappa shape index (κ3) is 19.9. The molecule has 22 heavy (non-hydrogen) atoms. The van der Waals surface area contributed by atoms with Gasteiger partial charge in [-0.25, -0.2) is 0 Å². The molecule has 0 aliphatic rings. The fourth-order valence-corrected chi connectivity index (χ4v) is 2.84. The molecule has 2 nitrogen and oxygen atoms in total. The highest BCUT2D eigenvalue weighted by atomic mass is 14.9. The maximum atomic E-state index is 3.55. The number of nitrogens with one attached hydrogen (secondary N) is 2. The van der Waals surface area contributed by atoms with Crippen molar-refractivity contribution in [3.63, 3.8) is 0 Å². The van der Waals surface area contributed by atoms with E-state index in [-0.39, 0.29) is 0 Å². The zero-order valence-electron chi connectivity index (χ0n) is 15.7. The van der Waals surface area contributed by atoms with Crippen molar-refractivity contribution < 1.29 is 0 Å². The van der Waals surface area contributed by atoms with Gasteiger partial charge in [-0.2, -0.15) is 0 Å². The quantitative estimate of drug-likeness (QED) is 0.300. The average molecular weight is 313 g/mol. The molecular formula is C20H44N2. The molecule has 0 fully saturated rings. The Labute approximate surface area is 141 Å². The summed E-state index contributed by atoms with van der Waals surface area (Å²) in [7, 11) is 0. The van der Waals surface area contributed by atoms with Crippen LogP contribution in [0.2, 0.25) is 0 Å². The van der Waals surface area contributed by atoms with Crippen LogP contribution < -0.4 is 10.6 Å². The second-order valence-corrected chi connectivity index (χ2v) is 6.74. The van der Waals surface area contributed by atoms with Crippen molar-refractivity contribution in [1.29, 1.82) is 0 Å². The molecular weight excluding hydrogens is 268 g/mol. The summed E-state index contributed by atoms with van der Waals surface area (Å²) in [6, 6.07) is 0. The Morgan fingerprint density at radius 1 is 0.364 bits per heavy atom. The highest BCUT2D eigenvalue weighted by Gasteiger charge is 1.93. The van der Waals surface area contributed by atoms with Crippen molar-refractivity contribution in [2.45, 2.75) is 104 Å². The Morgan fingerprint density at radius 3 is 1.05 bits per heavy atom. The SMILES string of the molecule is CCCCCCCCCCNCCNCCCCCCCC. The zero-order chi connectivity index (χ0) is 16.1. The Bertz CT molecular complexity index is 163. The van der Waals surface area contributed by atoms with Gasteiger partial charge in [0.1, 0.15) is 0 Å². The van der Waals surface area contributed by atoms with E-state index in [1.807, 2.05) is 0 Å². The number of hydrogen-bond donors (Lipinski definition) is 2.